The highest BCUT2D eigenvalue weighted by Gasteiger charge is 2.19. The van der Waals surface area contributed by atoms with Gasteiger partial charge in [-0.1, -0.05) is 26.8 Å². The molecule has 0 N–H and O–H groups in total. The number of aromatic nitrogens is 1. The molecule has 0 atom stereocenters. The molecule has 1 aromatic carbocycles. The average Bonchev–Trinajstić information content (AvgIpc) is 2.93. The topological polar surface area (TPSA) is 61.6 Å². The first-order valence-corrected chi connectivity index (χ1v) is 6.66. The minimum atomic E-state index is -0.397. The van der Waals surface area contributed by atoms with Crippen molar-refractivity contribution in [1.82, 2.24) is 4.98 Å². The fourth-order valence-electron chi connectivity index (χ4n) is 1.70. The number of rotatable bonds is 4. The second-order valence-corrected chi connectivity index (χ2v) is 5.68. The van der Waals surface area contributed by atoms with E-state index in [9.17, 15) is 4.79 Å². The summed E-state index contributed by atoms with van der Waals surface area (Å²) in [6, 6.07) is 6.79. The number of oxazole rings is 1. The van der Waals surface area contributed by atoms with Gasteiger partial charge in [0.25, 0.3) is 0 Å². The monoisotopic (exact) mass is 289 g/mol. The van der Waals surface area contributed by atoms with Crippen molar-refractivity contribution in [1.29, 1.82) is 0 Å². The summed E-state index contributed by atoms with van der Waals surface area (Å²) < 4.78 is 15.9. The molecule has 5 heteroatoms. The third kappa shape index (κ3) is 3.84. The molecular formula is C16H19NO4. The summed E-state index contributed by atoms with van der Waals surface area (Å²) in [5.74, 6) is 1.48. The lowest BCUT2D eigenvalue weighted by molar-refractivity contribution is 0.0600. The van der Waals surface area contributed by atoms with Gasteiger partial charge in [0.15, 0.2) is 6.61 Å². The van der Waals surface area contributed by atoms with E-state index in [2.05, 4.69) is 30.5 Å². The van der Waals surface area contributed by atoms with E-state index in [1.807, 2.05) is 0 Å². The van der Waals surface area contributed by atoms with E-state index in [1.165, 1.54) is 7.11 Å². The molecule has 0 saturated carbocycles. The average molecular weight is 289 g/mol. The molecule has 0 amide bonds. The molecule has 0 radical (unpaired) electrons. The zero-order chi connectivity index (χ0) is 15.5. The van der Waals surface area contributed by atoms with Crippen LogP contribution in [-0.4, -0.2) is 18.1 Å². The molecule has 112 valence electrons. The Morgan fingerprint density at radius 1 is 1.33 bits per heavy atom. The van der Waals surface area contributed by atoms with Gasteiger partial charge in [0.05, 0.1) is 18.9 Å². The smallest absolute Gasteiger partial charge is 0.337 e. The molecule has 1 heterocycles. The molecule has 0 spiro atoms. The summed E-state index contributed by atoms with van der Waals surface area (Å²) >= 11 is 0. The number of carbonyl (C=O) groups is 1. The third-order valence-corrected chi connectivity index (χ3v) is 2.91. The summed E-state index contributed by atoms with van der Waals surface area (Å²) in [6.45, 7) is 6.37. The van der Waals surface area contributed by atoms with Crippen molar-refractivity contribution in [3.63, 3.8) is 0 Å². The summed E-state index contributed by atoms with van der Waals surface area (Å²) in [5.41, 5.74) is 0.355. The van der Waals surface area contributed by atoms with Gasteiger partial charge in [0.1, 0.15) is 11.5 Å². The number of nitrogens with zero attached hydrogens (tertiary/aromatic N) is 1. The van der Waals surface area contributed by atoms with Crippen LogP contribution in [0.3, 0.4) is 0 Å². The first-order chi connectivity index (χ1) is 9.90. The summed E-state index contributed by atoms with van der Waals surface area (Å²) in [4.78, 5) is 15.6. The van der Waals surface area contributed by atoms with Crippen LogP contribution in [0.1, 0.15) is 42.8 Å². The largest absolute Gasteiger partial charge is 0.484 e. The first kappa shape index (κ1) is 15.1. The van der Waals surface area contributed by atoms with Crippen LogP contribution in [0.15, 0.2) is 34.9 Å². The van der Waals surface area contributed by atoms with E-state index in [1.54, 1.807) is 30.5 Å². The van der Waals surface area contributed by atoms with Crippen LogP contribution in [-0.2, 0) is 16.8 Å². The maximum Gasteiger partial charge on any atom is 0.337 e. The maximum absolute atomic E-state index is 11.4. The Balaban J connectivity index is 2.03. The summed E-state index contributed by atoms with van der Waals surface area (Å²) in [5, 5.41) is 0. The third-order valence-electron chi connectivity index (χ3n) is 2.91. The Morgan fingerprint density at radius 3 is 2.71 bits per heavy atom. The Kier molecular flexibility index (Phi) is 4.31. The Hall–Kier alpha value is -2.30. The molecule has 0 aliphatic rings. The standard InChI is InChI=1S/C16H19NO4/c1-16(2,3)13-9-17-14(21-13)10-20-12-7-5-6-11(8-12)15(18)19-4/h5-9H,10H2,1-4H3. The van der Waals surface area contributed by atoms with Crippen molar-refractivity contribution in [2.24, 2.45) is 0 Å². The van der Waals surface area contributed by atoms with Gasteiger partial charge in [-0.3, -0.25) is 0 Å². The second-order valence-electron chi connectivity index (χ2n) is 5.68. The minimum absolute atomic E-state index is 0.0873. The molecule has 1 aromatic heterocycles. The van der Waals surface area contributed by atoms with Gasteiger partial charge in [-0.15, -0.1) is 0 Å². The molecule has 0 aliphatic carbocycles. The van der Waals surface area contributed by atoms with Gasteiger partial charge in [0.2, 0.25) is 5.89 Å². The van der Waals surface area contributed by atoms with E-state index in [0.717, 1.165) is 5.76 Å². The van der Waals surface area contributed by atoms with Crippen molar-refractivity contribution < 1.29 is 18.7 Å². The number of carbonyl (C=O) groups excluding carboxylic acids is 1. The Morgan fingerprint density at radius 2 is 2.10 bits per heavy atom. The van der Waals surface area contributed by atoms with Crippen LogP contribution in [0.4, 0.5) is 0 Å². The van der Waals surface area contributed by atoms with Crippen LogP contribution in [0, 0.1) is 0 Å². The lowest BCUT2D eigenvalue weighted by atomic mass is 9.94. The minimum Gasteiger partial charge on any atom is -0.484 e. The molecule has 2 aromatic rings. The van der Waals surface area contributed by atoms with E-state index < -0.39 is 5.97 Å². The van der Waals surface area contributed by atoms with Crippen molar-refractivity contribution in [2.75, 3.05) is 7.11 Å². The molecule has 0 fully saturated rings. The van der Waals surface area contributed by atoms with Crippen LogP contribution < -0.4 is 4.74 Å². The number of ether oxygens (including phenoxy) is 2. The quantitative estimate of drug-likeness (QED) is 0.808. The lowest BCUT2D eigenvalue weighted by Crippen LogP contribution is -2.09. The Bertz CT molecular complexity index is 625. The molecule has 0 saturated heterocycles. The van der Waals surface area contributed by atoms with E-state index in [4.69, 9.17) is 9.15 Å². The number of methoxy groups -OCH3 is 1. The highest BCUT2D eigenvalue weighted by molar-refractivity contribution is 5.89. The van der Waals surface area contributed by atoms with Gasteiger partial charge in [0, 0.05) is 5.41 Å². The lowest BCUT2D eigenvalue weighted by Gasteiger charge is -2.13. The summed E-state index contributed by atoms with van der Waals surface area (Å²) in [6.07, 6.45) is 1.71. The number of hydrogen-bond donors (Lipinski definition) is 0. The Labute approximate surface area is 123 Å². The molecule has 0 unspecified atom stereocenters. The van der Waals surface area contributed by atoms with Gasteiger partial charge < -0.3 is 13.9 Å². The number of benzene rings is 1. The molecule has 0 aliphatic heterocycles. The van der Waals surface area contributed by atoms with Gasteiger partial charge in [-0.2, -0.15) is 0 Å². The van der Waals surface area contributed by atoms with Crippen molar-refractivity contribution >= 4 is 5.97 Å². The van der Waals surface area contributed by atoms with Crippen LogP contribution in [0.2, 0.25) is 0 Å². The van der Waals surface area contributed by atoms with E-state index >= 15 is 0 Å². The van der Waals surface area contributed by atoms with Gasteiger partial charge >= 0.3 is 5.97 Å². The summed E-state index contributed by atoms with van der Waals surface area (Å²) in [7, 11) is 1.34. The van der Waals surface area contributed by atoms with Crippen molar-refractivity contribution in [2.45, 2.75) is 32.8 Å². The zero-order valence-corrected chi connectivity index (χ0v) is 12.7. The zero-order valence-electron chi connectivity index (χ0n) is 12.7. The molecule has 2 rings (SSSR count). The van der Waals surface area contributed by atoms with Gasteiger partial charge in [-0.25, -0.2) is 9.78 Å². The second kappa shape index (κ2) is 5.99. The van der Waals surface area contributed by atoms with E-state index in [-0.39, 0.29) is 12.0 Å². The fourth-order valence-corrected chi connectivity index (χ4v) is 1.70. The SMILES string of the molecule is COC(=O)c1cccc(OCc2ncc(C(C)(C)C)o2)c1. The normalized spacial score (nSPS) is 11.2. The van der Waals surface area contributed by atoms with Gasteiger partial charge in [-0.05, 0) is 18.2 Å². The molecule has 0 bridgehead atoms. The molecule has 5 nitrogen and oxygen atoms in total. The highest BCUT2D eigenvalue weighted by atomic mass is 16.5. The van der Waals surface area contributed by atoms with E-state index in [0.29, 0.717) is 17.2 Å². The predicted octanol–water partition coefficient (Wildman–Crippen LogP) is 3.34. The number of hydrogen-bond acceptors (Lipinski definition) is 5. The van der Waals surface area contributed by atoms with Crippen molar-refractivity contribution in [3.8, 4) is 5.75 Å². The molecular weight excluding hydrogens is 270 g/mol. The predicted molar refractivity (Wildman–Crippen MR) is 77.3 cm³/mol. The molecule has 21 heavy (non-hydrogen) atoms. The maximum atomic E-state index is 11.4. The van der Waals surface area contributed by atoms with Crippen LogP contribution in [0.5, 0.6) is 5.75 Å². The fraction of sp³-hybridized carbons (Fsp3) is 0.375. The van der Waals surface area contributed by atoms with Crippen LogP contribution >= 0.6 is 0 Å². The first-order valence-electron chi connectivity index (χ1n) is 6.66. The van der Waals surface area contributed by atoms with Crippen LogP contribution in [0.25, 0.3) is 0 Å². The highest BCUT2D eigenvalue weighted by Crippen LogP contribution is 2.23. The number of esters is 1. The van der Waals surface area contributed by atoms with Crippen molar-refractivity contribution in [3.05, 3.63) is 47.7 Å².